The molecule has 0 radical (unpaired) electrons. The Balaban J connectivity index is 2.73. The first-order valence-corrected chi connectivity index (χ1v) is 5.00. The molecule has 0 bridgehead atoms. The molecule has 0 spiro atoms. The van der Waals surface area contributed by atoms with E-state index in [-0.39, 0.29) is 11.1 Å². The summed E-state index contributed by atoms with van der Waals surface area (Å²) in [7, 11) is 0. The molecule has 0 saturated heterocycles. The van der Waals surface area contributed by atoms with Gasteiger partial charge in [-0.15, -0.1) is 0 Å². The van der Waals surface area contributed by atoms with Gasteiger partial charge in [-0.1, -0.05) is 25.4 Å². The summed E-state index contributed by atoms with van der Waals surface area (Å²) in [5, 5.41) is 0.120. The highest BCUT2D eigenvalue weighted by Crippen LogP contribution is 2.22. The maximum atomic E-state index is 13.0. The second-order valence-electron chi connectivity index (χ2n) is 3.64. The Bertz CT molecular complexity index is 312. The van der Waals surface area contributed by atoms with Crippen LogP contribution in [0.4, 0.5) is 4.39 Å². The maximum absolute atomic E-state index is 13.0. The summed E-state index contributed by atoms with van der Waals surface area (Å²) in [5.74, 6) is 0.474. The highest BCUT2D eigenvalue weighted by atomic mass is 35.5. The Morgan fingerprint density at radius 3 is 2.43 bits per heavy atom. The number of rotatable bonds is 3. The summed E-state index contributed by atoms with van der Waals surface area (Å²) in [6.07, 6.45) is 0.0653. The van der Waals surface area contributed by atoms with Crippen molar-refractivity contribution in [3.63, 3.8) is 0 Å². The van der Waals surface area contributed by atoms with Crippen LogP contribution in [0.15, 0.2) is 18.2 Å². The molecule has 1 aromatic rings. The van der Waals surface area contributed by atoms with Crippen molar-refractivity contribution in [1.82, 2.24) is 0 Å². The molecule has 1 atom stereocenters. The van der Waals surface area contributed by atoms with E-state index in [1.165, 1.54) is 12.1 Å². The lowest BCUT2D eigenvalue weighted by Gasteiger charge is -2.18. The molecule has 0 heterocycles. The van der Waals surface area contributed by atoms with Crippen molar-refractivity contribution in [3.8, 4) is 5.75 Å². The number of hydrogen-bond acceptors (Lipinski definition) is 1. The Labute approximate surface area is 88.8 Å². The first kappa shape index (κ1) is 11.3. The lowest BCUT2D eigenvalue weighted by atomic mass is 10.1. The number of hydrogen-bond donors (Lipinski definition) is 0. The van der Waals surface area contributed by atoms with Gasteiger partial charge < -0.3 is 4.74 Å². The Hall–Kier alpha value is -0.760. The second kappa shape index (κ2) is 4.65. The Morgan fingerprint density at radius 2 is 1.93 bits per heavy atom. The SMILES string of the molecule is CC(C)C(C)Oc1ccc(Cl)c(F)c1. The van der Waals surface area contributed by atoms with Gasteiger partial charge in [0.2, 0.25) is 0 Å². The number of ether oxygens (including phenoxy) is 1. The third-order valence-electron chi connectivity index (χ3n) is 2.15. The zero-order valence-corrected chi connectivity index (χ0v) is 9.31. The van der Waals surface area contributed by atoms with Gasteiger partial charge >= 0.3 is 0 Å². The predicted molar refractivity (Wildman–Crippen MR) is 56.3 cm³/mol. The van der Waals surface area contributed by atoms with Crippen molar-refractivity contribution in [1.29, 1.82) is 0 Å². The van der Waals surface area contributed by atoms with Crippen LogP contribution in [0.5, 0.6) is 5.75 Å². The molecule has 1 unspecified atom stereocenters. The molecule has 0 aromatic heterocycles. The fraction of sp³-hybridized carbons (Fsp3) is 0.455. The molecular weight excluding hydrogens is 203 g/mol. The molecule has 0 saturated carbocycles. The quantitative estimate of drug-likeness (QED) is 0.745. The molecule has 78 valence electrons. The summed E-state index contributed by atoms with van der Waals surface area (Å²) in [5.41, 5.74) is 0. The minimum Gasteiger partial charge on any atom is -0.490 e. The summed E-state index contributed by atoms with van der Waals surface area (Å²) >= 11 is 5.55. The van der Waals surface area contributed by atoms with E-state index in [9.17, 15) is 4.39 Å². The number of benzene rings is 1. The Morgan fingerprint density at radius 1 is 1.29 bits per heavy atom. The molecule has 3 heteroatoms. The maximum Gasteiger partial charge on any atom is 0.145 e. The first-order chi connectivity index (χ1) is 6.50. The molecule has 0 aliphatic heterocycles. The zero-order valence-electron chi connectivity index (χ0n) is 8.55. The highest BCUT2D eigenvalue weighted by molar-refractivity contribution is 6.30. The van der Waals surface area contributed by atoms with Crippen LogP contribution >= 0.6 is 11.6 Å². The molecule has 0 N–H and O–H groups in total. The van der Waals surface area contributed by atoms with Gasteiger partial charge in [0.25, 0.3) is 0 Å². The van der Waals surface area contributed by atoms with Crippen molar-refractivity contribution in [2.45, 2.75) is 26.9 Å². The predicted octanol–water partition coefficient (Wildman–Crippen LogP) is 3.90. The van der Waals surface area contributed by atoms with E-state index in [0.717, 1.165) is 0 Å². The Kier molecular flexibility index (Phi) is 3.76. The molecule has 1 rings (SSSR count). The van der Waals surface area contributed by atoms with Gasteiger partial charge in [0, 0.05) is 6.07 Å². The average Bonchev–Trinajstić information content (AvgIpc) is 2.11. The van der Waals surface area contributed by atoms with E-state index in [1.54, 1.807) is 6.07 Å². The van der Waals surface area contributed by atoms with Gasteiger partial charge in [-0.05, 0) is 25.0 Å². The molecule has 0 amide bonds. The normalized spacial score (nSPS) is 13.0. The zero-order chi connectivity index (χ0) is 10.7. The van der Waals surface area contributed by atoms with E-state index in [2.05, 4.69) is 13.8 Å². The van der Waals surface area contributed by atoms with Crippen molar-refractivity contribution in [2.24, 2.45) is 5.92 Å². The first-order valence-electron chi connectivity index (χ1n) is 4.62. The van der Waals surface area contributed by atoms with Crippen LogP contribution in [0, 0.1) is 11.7 Å². The highest BCUT2D eigenvalue weighted by Gasteiger charge is 2.09. The smallest absolute Gasteiger partial charge is 0.145 e. The van der Waals surface area contributed by atoms with Gasteiger partial charge in [0.05, 0.1) is 11.1 Å². The van der Waals surface area contributed by atoms with Crippen LogP contribution in [0.25, 0.3) is 0 Å². The third-order valence-corrected chi connectivity index (χ3v) is 2.46. The lowest BCUT2D eigenvalue weighted by molar-refractivity contribution is 0.170. The van der Waals surface area contributed by atoms with Gasteiger partial charge in [0.1, 0.15) is 11.6 Å². The van der Waals surface area contributed by atoms with E-state index < -0.39 is 5.82 Å². The summed E-state index contributed by atoms with van der Waals surface area (Å²) in [4.78, 5) is 0. The molecule has 14 heavy (non-hydrogen) atoms. The monoisotopic (exact) mass is 216 g/mol. The van der Waals surface area contributed by atoms with Gasteiger partial charge in [-0.25, -0.2) is 4.39 Å². The summed E-state index contributed by atoms with van der Waals surface area (Å²) in [6, 6.07) is 4.48. The van der Waals surface area contributed by atoms with Crippen molar-refractivity contribution in [2.75, 3.05) is 0 Å². The van der Waals surface area contributed by atoms with Crippen LogP contribution in [-0.4, -0.2) is 6.10 Å². The van der Waals surface area contributed by atoms with Gasteiger partial charge in [-0.2, -0.15) is 0 Å². The van der Waals surface area contributed by atoms with Gasteiger partial charge in [0.15, 0.2) is 0 Å². The minimum absolute atomic E-state index is 0.0653. The van der Waals surface area contributed by atoms with Crippen LogP contribution in [-0.2, 0) is 0 Å². The van der Waals surface area contributed by atoms with Crippen molar-refractivity contribution < 1.29 is 9.13 Å². The van der Waals surface area contributed by atoms with Crippen LogP contribution in [0.2, 0.25) is 5.02 Å². The van der Waals surface area contributed by atoms with Crippen LogP contribution in [0.3, 0.4) is 0 Å². The molecule has 1 aromatic carbocycles. The molecular formula is C11H14ClFO. The summed E-state index contributed by atoms with van der Waals surface area (Å²) in [6.45, 7) is 6.06. The summed E-state index contributed by atoms with van der Waals surface area (Å²) < 4.78 is 18.5. The van der Waals surface area contributed by atoms with Crippen LogP contribution in [0.1, 0.15) is 20.8 Å². The third kappa shape index (κ3) is 2.88. The molecule has 0 aliphatic carbocycles. The van der Waals surface area contributed by atoms with Crippen molar-refractivity contribution in [3.05, 3.63) is 29.0 Å². The average molecular weight is 217 g/mol. The lowest BCUT2D eigenvalue weighted by Crippen LogP contribution is -2.18. The van der Waals surface area contributed by atoms with Crippen molar-refractivity contribution >= 4 is 11.6 Å². The standard InChI is InChI=1S/C11H14ClFO/c1-7(2)8(3)14-9-4-5-10(12)11(13)6-9/h4-8H,1-3H3. The van der Waals surface area contributed by atoms with E-state index >= 15 is 0 Å². The largest absolute Gasteiger partial charge is 0.490 e. The minimum atomic E-state index is -0.444. The number of halogens is 2. The van der Waals surface area contributed by atoms with E-state index in [1.807, 2.05) is 6.92 Å². The molecule has 0 fully saturated rings. The van der Waals surface area contributed by atoms with E-state index in [0.29, 0.717) is 11.7 Å². The fourth-order valence-electron chi connectivity index (χ4n) is 0.901. The molecule has 1 nitrogen and oxygen atoms in total. The topological polar surface area (TPSA) is 9.23 Å². The molecule has 0 aliphatic rings. The van der Waals surface area contributed by atoms with Gasteiger partial charge in [-0.3, -0.25) is 0 Å². The fourth-order valence-corrected chi connectivity index (χ4v) is 1.02. The second-order valence-corrected chi connectivity index (χ2v) is 4.05. The van der Waals surface area contributed by atoms with E-state index in [4.69, 9.17) is 16.3 Å². The van der Waals surface area contributed by atoms with Crippen LogP contribution < -0.4 is 4.74 Å².